The van der Waals surface area contributed by atoms with Crippen molar-refractivity contribution in [3.05, 3.63) is 28.2 Å². The van der Waals surface area contributed by atoms with E-state index in [4.69, 9.17) is 27.9 Å². The van der Waals surface area contributed by atoms with Gasteiger partial charge in [-0.05, 0) is 31.5 Å². The Morgan fingerprint density at radius 1 is 1.35 bits per heavy atom. The van der Waals surface area contributed by atoms with Crippen LogP contribution in [0.2, 0.25) is 10.0 Å². The number of hydrogen-bond donors (Lipinski definition) is 1. The van der Waals surface area contributed by atoms with Crippen molar-refractivity contribution >= 4 is 39.1 Å². The molecular weight excluding hydrogens is 363 g/mol. The topological polar surface area (TPSA) is 75.7 Å². The second kappa shape index (κ2) is 9.44. The van der Waals surface area contributed by atoms with Crippen LogP contribution in [0.5, 0.6) is 0 Å². The molecule has 1 N–H and O–H groups in total. The van der Waals surface area contributed by atoms with Crippen molar-refractivity contribution in [3.63, 3.8) is 0 Å². The molecule has 130 valence electrons. The third kappa shape index (κ3) is 6.27. The smallest absolute Gasteiger partial charge is 0.244 e. The lowest BCUT2D eigenvalue weighted by Crippen LogP contribution is -2.38. The van der Waals surface area contributed by atoms with Crippen LogP contribution in [0.25, 0.3) is 0 Å². The van der Waals surface area contributed by atoms with Crippen LogP contribution < -0.4 is 5.32 Å². The maximum atomic E-state index is 12.4. The summed E-state index contributed by atoms with van der Waals surface area (Å²) in [4.78, 5) is 11.7. The molecule has 6 nitrogen and oxygen atoms in total. The highest BCUT2D eigenvalue weighted by Gasteiger charge is 2.25. The molecule has 9 heteroatoms. The predicted octanol–water partition coefficient (Wildman–Crippen LogP) is 2.16. The summed E-state index contributed by atoms with van der Waals surface area (Å²) in [5.74, 6) is -0.397. The number of rotatable bonds is 9. The lowest BCUT2D eigenvalue weighted by atomic mass is 10.4. The van der Waals surface area contributed by atoms with E-state index in [0.29, 0.717) is 26.2 Å². The number of carbonyl (C=O) groups is 1. The Morgan fingerprint density at radius 3 is 2.70 bits per heavy atom. The number of benzene rings is 1. The Labute approximate surface area is 146 Å². The van der Waals surface area contributed by atoms with Crippen LogP contribution in [-0.4, -0.2) is 52.0 Å². The Balaban J connectivity index is 2.63. The SMILES string of the molecule is CCOCCCNC(=O)CN(C)S(=O)(=O)c1cc(Cl)ccc1Cl. The van der Waals surface area contributed by atoms with Crippen molar-refractivity contribution in [1.29, 1.82) is 0 Å². The molecule has 1 aromatic carbocycles. The molecule has 1 rings (SSSR count). The highest BCUT2D eigenvalue weighted by Crippen LogP contribution is 2.26. The van der Waals surface area contributed by atoms with Crippen molar-refractivity contribution in [3.8, 4) is 0 Å². The normalized spacial score (nSPS) is 11.7. The molecule has 0 fully saturated rings. The van der Waals surface area contributed by atoms with E-state index in [1.54, 1.807) is 0 Å². The van der Waals surface area contributed by atoms with Gasteiger partial charge in [0.05, 0.1) is 11.6 Å². The van der Waals surface area contributed by atoms with Crippen LogP contribution >= 0.6 is 23.2 Å². The van der Waals surface area contributed by atoms with E-state index in [1.165, 1.54) is 25.2 Å². The minimum absolute atomic E-state index is 0.0540. The van der Waals surface area contributed by atoms with Gasteiger partial charge < -0.3 is 10.1 Å². The van der Waals surface area contributed by atoms with E-state index in [2.05, 4.69) is 5.32 Å². The molecule has 0 saturated carbocycles. The molecule has 0 aliphatic rings. The van der Waals surface area contributed by atoms with E-state index in [-0.39, 0.29) is 21.5 Å². The second-order valence-corrected chi connectivity index (χ2v) is 7.59. The molecule has 0 saturated heterocycles. The zero-order valence-corrected chi connectivity index (χ0v) is 15.3. The lowest BCUT2D eigenvalue weighted by molar-refractivity contribution is -0.121. The number of nitrogens with one attached hydrogen (secondary N) is 1. The molecule has 0 unspecified atom stereocenters. The minimum Gasteiger partial charge on any atom is -0.382 e. The molecule has 0 radical (unpaired) electrons. The van der Waals surface area contributed by atoms with Gasteiger partial charge in [-0.2, -0.15) is 4.31 Å². The summed E-state index contributed by atoms with van der Waals surface area (Å²) in [5, 5.41) is 2.94. The van der Waals surface area contributed by atoms with Crippen LogP contribution in [0.3, 0.4) is 0 Å². The zero-order valence-electron chi connectivity index (χ0n) is 13.0. The molecule has 23 heavy (non-hydrogen) atoms. The summed E-state index contributed by atoms with van der Waals surface area (Å²) in [7, 11) is -2.58. The van der Waals surface area contributed by atoms with Crippen LogP contribution in [-0.2, 0) is 19.6 Å². The molecule has 0 heterocycles. The van der Waals surface area contributed by atoms with Gasteiger partial charge in [-0.3, -0.25) is 4.79 Å². The zero-order chi connectivity index (χ0) is 17.5. The van der Waals surface area contributed by atoms with Gasteiger partial charge in [0.15, 0.2) is 0 Å². The molecule has 0 aliphatic heterocycles. The third-order valence-corrected chi connectivity index (χ3v) is 5.46. The Morgan fingerprint density at radius 2 is 2.04 bits per heavy atom. The molecule has 1 amide bonds. The van der Waals surface area contributed by atoms with Gasteiger partial charge in [-0.15, -0.1) is 0 Å². The average molecular weight is 383 g/mol. The molecule has 0 atom stereocenters. The largest absolute Gasteiger partial charge is 0.382 e. The first-order valence-electron chi connectivity index (χ1n) is 7.05. The van der Waals surface area contributed by atoms with E-state index in [0.717, 1.165) is 4.31 Å². The lowest BCUT2D eigenvalue weighted by Gasteiger charge is -2.17. The number of carbonyl (C=O) groups excluding carboxylic acids is 1. The molecule has 0 spiro atoms. The fraction of sp³-hybridized carbons (Fsp3) is 0.500. The summed E-state index contributed by atoms with van der Waals surface area (Å²) >= 11 is 11.7. The quantitative estimate of drug-likeness (QED) is 0.663. The van der Waals surface area contributed by atoms with Gasteiger partial charge in [0.1, 0.15) is 4.90 Å². The van der Waals surface area contributed by atoms with E-state index in [1.807, 2.05) is 6.92 Å². The van der Waals surface area contributed by atoms with Crippen molar-refractivity contribution < 1.29 is 17.9 Å². The van der Waals surface area contributed by atoms with Crippen LogP contribution in [0.1, 0.15) is 13.3 Å². The van der Waals surface area contributed by atoms with Gasteiger partial charge in [0.2, 0.25) is 15.9 Å². The van der Waals surface area contributed by atoms with Gasteiger partial charge in [-0.1, -0.05) is 23.2 Å². The summed E-state index contributed by atoms with van der Waals surface area (Å²) in [6.07, 6.45) is 0.663. The van der Waals surface area contributed by atoms with E-state index >= 15 is 0 Å². The number of hydrogen-bond acceptors (Lipinski definition) is 4. The Bertz CT molecular complexity index is 638. The number of ether oxygens (including phenoxy) is 1. The molecule has 0 aromatic heterocycles. The summed E-state index contributed by atoms with van der Waals surface area (Å²) in [6, 6.07) is 4.15. The molecule has 0 aliphatic carbocycles. The Kier molecular flexibility index (Phi) is 8.28. The van der Waals surface area contributed by atoms with Crippen molar-refractivity contribution in [2.75, 3.05) is 33.4 Å². The number of halogens is 2. The second-order valence-electron chi connectivity index (χ2n) is 4.74. The van der Waals surface area contributed by atoms with Gasteiger partial charge >= 0.3 is 0 Å². The number of amides is 1. The first-order valence-corrected chi connectivity index (χ1v) is 9.24. The van der Waals surface area contributed by atoms with Crippen LogP contribution in [0.4, 0.5) is 0 Å². The van der Waals surface area contributed by atoms with Crippen molar-refractivity contribution in [2.24, 2.45) is 0 Å². The standard InChI is InChI=1S/C14H20Cl2N2O4S/c1-3-22-8-4-7-17-14(19)10-18(2)23(20,21)13-9-11(15)5-6-12(13)16/h5-6,9H,3-4,7-8,10H2,1-2H3,(H,17,19). The molecular formula is C14H20Cl2N2O4S. The van der Waals surface area contributed by atoms with E-state index in [9.17, 15) is 13.2 Å². The Hall–Kier alpha value is -0.860. The first kappa shape index (κ1) is 20.2. The van der Waals surface area contributed by atoms with Gasteiger partial charge in [-0.25, -0.2) is 8.42 Å². The van der Waals surface area contributed by atoms with Gasteiger partial charge in [0.25, 0.3) is 0 Å². The van der Waals surface area contributed by atoms with Crippen LogP contribution in [0.15, 0.2) is 23.1 Å². The number of sulfonamides is 1. The fourth-order valence-corrected chi connectivity index (χ4v) is 3.59. The van der Waals surface area contributed by atoms with E-state index < -0.39 is 15.9 Å². The average Bonchev–Trinajstić information content (AvgIpc) is 2.49. The first-order chi connectivity index (χ1) is 10.8. The maximum absolute atomic E-state index is 12.4. The molecule has 0 bridgehead atoms. The van der Waals surface area contributed by atoms with Gasteiger partial charge in [0, 0.05) is 31.8 Å². The van der Waals surface area contributed by atoms with Crippen LogP contribution in [0, 0.1) is 0 Å². The summed E-state index contributed by atoms with van der Waals surface area (Å²) < 4.78 is 31.0. The fourth-order valence-electron chi connectivity index (χ4n) is 1.73. The maximum Gasteiger partial charge on any atom is 0.244 e. The predicted molar refractivity (Wildman–Crippen MR) is 90.4 cm³/mol. The van der Waals surface area contributed by atoms with Crippen molar-refractivity contribution in [1.82, 2.24) is 9.62 Å². The number of nitrogens with zero attached hydrogens (tertiary/aromatic N) is 1. The van der Waals surface area contributed by atoms with Crippen molar-refractivity contribution in [2.45, 2.75) is 18.2 Å². The minimum atomic E-state index is -3.90. The third-order valence-electron chi connectivity index (χ3n) is 2.94. The highest BCUT2D eigenvalue weighted by atomic mass is 35.5. The molecule has 1 aromatic rings. The number of likely N-dealkylation sites (N-methyl/N-ethyl adjacent to an activating group) is 1. The highest BCUT2D eigenvalue weighted by molar-refractivity contribution is 7.89. The summed E-state index contributed by atoms with van der Waals surface area (Å²) in [6.45, 7) is 3.17. The monoisotopic (exact) mass is 382 g/mol. The summed E-state index contributed by atoms with van der Waals surface area (Å²) in [5.41, 5.74) is 0.